The first-order valence-corrected chi connectivity index (χ1v) is 11.6. The van der Waals surface area contributed by atoms with Gasteiger partial charge in [-0.15, -0.1) is 0 Å². The minimum absolute atomic E-state index is 0.0789. The maximum atomic E-state index is 13.4. The molecule has 1 aliphatic carbocycles. The molecule has 3 amide bonds. The van der Waals surface area contributed by atoms with E-state index in [0.29, 0.717) is 19.5 Å². The first-order valence-electron chi connectivity index (χ1n) is 11.6. The Hall–Kier alpha value is -3.10. The lowest BCUT2D eigenvalue weighted by molar-refractivity contribution is -0.133. The minimum atomic E-state index is -0.785. The molecule has 2 aromatic rings. The average molecular weight is 449 g/mol. The molecular weight excluding hydrogens is 420 g/mol. The second kappa shape index (κ2) is 8.04. The van der Waals surface area contributed by atoms with Crippen molar-refractivity contribution in [1.29, 1.82) is 0 Å². The summed E-state index contributed by atoms with van der Waals surface area (Å²) in [6.07, 6.45) is 2.05. The minimum Gasteiger partial charge on any atom is -0.454 e. The summed E-state index contributed by atoms with van der Waals surface area (Å²) >= 11 is 0. The maximum Gasteiger partial charge on any atom is 0.326 e. The van der Waals surface area contributed by atoms with E-state index in [1.54, 1.807) is 0 Å². The SMILES string of the molecule is O=C1NC2(CCc3ccccc3C2)C(=O)N1CN1CCN(Cc2ccc3c(c2)OCO3)CC1. The van der Waals surface area contributed by atoms with Gasteiger partial charge in [-0.1, -0.05) is 30.3 Å². The number of carbonyl (C=O) groups excluding carboxylic acids is 2. The number of hydrogen-bond acceptors (Lipinski definition) is 6. The number of urea groups is 1. The number of nitrogens with one attached hydrogen (secondary N) is 1. The van der Waals surface area contributed by atoms with Crippen molar-refractivity contribution < 1.29 is 19.1 Å². The number of aryl methyl sites for hydroxylation is 1. The van der Waals surface area contributed by atoms with Crippen molar-refractivity contribution in [1.82, 2.24) is 20.0 Å². The molecule has 3 heterocycles. The molecule has 8 nitrogen and oxygen atoms in total. The number of nitrogens with zero attached hydrogens (tertiary/aromatic N) is 3. The van der Waals surface area contributed by atoms with E-state index < -0.39 is 5.54 Å². The van der Waals surface area contributed by atoms with Crippen molar-refractivity contribution in [3.63, 3.8) is 0 Å². The lowest BCUT2D eigenvalue weighted by Gasteiger charge is -2.36. The van der Waals surface area contributed by atoms with Gasteiger partial charge in [0.1, 0.15) is 5.54 Å². The van der Waals surface area contributed by atoms with E-state index in [4.69, 9.17) is 9.47 Å². The summed E-state index contributed by atoms with van der Waals surface area (Å²) in [7, 11) is 0. The van der Waals surface area contributed by atoms with Crippen LogP contribution < -0.4 is 14.8 Å². The number of piperazine rings is 1. The Bertz CT molecular complexity index is 1100. The van der Waals surface area contributed by atoms with Gasteiger partial charge in [0.05, 0.1) is 6.67 Å². The van der Waals surface area contributed by atoms with Gasteiger partial charge in [0.15, 0.2) is 11.5 Å². The smallest absolute Gasteiger partial charge is 0.326 e. The number of fused-ring (bicyclic) bond motifs is 2. The number of imide groups is 1. The second-order valence-corrected chi connectivity index (χ2v) is 9.41. The Balaban J connectivity index is 1.05. The van der Waals surface area contributed by atoms with Crippen molar-refractivity contribution in [2.75, 3.05) is 39.6 Å². The summed E-state index contributed by atoms with van der Waals surface area (Å²) in [5, 5.41) is 3.04. The quantitative estimate of drug-likeness (QED) is 0.721. The lowest BCUT2D eigenvalue weighted by Crippen LogP contribution is -2.53. The van der Waals surface area contributed by atoms with E-state index in [0.717, 1.165) is 56.2 Å². The van der Waals surface area contributed by atoms with Crippen LogP contribution in [0.15, 0.2) is 42.5 Å². The highest BCUT2D eigenvalue weighted by molar-refractivity contribution is 6.07. The molecule has 3 aliphatic heterocycles. The zero-order valence-corrected chi connectivity index (χ0v) is 18.6. The normalized spacial score (nSPS) is 24.9. The van der Waals surface area contributed by atoms with Crippen LogP contribution in [-0.2, 0) is 24.2 Å². The van der Waals surface area contributed by atoms with E-state index in [-0.39, 0.29) is 18.7 Å². The van der Waals surface area contributed by atoms with E-state index in [2.05, 4.69) is 33.3 Å². The van der Waals surface area contributed by atoms with Gasteiger partial charge in [0.2, 0.25) is 6.79 Å². The average Bonchev–Trinajstić information content (AvgIpc) is 3.38. The van der Waals surface area contributed by atoms with Crippen LogP contribution in [0.5, 0.6) is 11.5 Å². The van der Waals surface area contributed by atoms with Gasteiger partial charge >= 0.3 is 6.03 Å². The molecular formula is C25H28N4O4. The van der Waals surface area contributed by atoms with E-state index >= 15 is 0 Å². The van der Waals surface area contributed by atoms with Crippen LogP contribution in [-0.4, -0.2) is 71.8 Å². The zero-order chi connectivity index (χ0) is 22.4. The van der Waals surface area contributed by atoms with E-state index in [9.17, 15) is 9.59 Å². The third kappa shape index (κ3) is 3.73. The fourth-order valence-corrected chi connectivity index (χ4v) is 5.42. The summed E-state index contributed by atoms with van der Waals surface area (Å²) in [6, 6.07) is 14.0. The van der Waals surface area contributed by atoms with Crippen molar-refractivity contribution >= 4 is 11.9 Å². The Morgan fingerprint density at radius 2 is 1.67 bits per heavy atom. The molecule has 0 bridgehead atoms. The third-order valence-electron chi connectivity index (χ3n) is 7.33. The molecule has 1 atom stereocenters. The summed E-state index contributed by atoms with van der Waals surface area (Å²) in [6.45, 7) is 4.89. The molecule has 172 valence electrons. The monoisotopic (exact) mass is 448 g/mol. The molecule has 1 unspecified atom stereocenters. The van der Waals surface area contributed by atoms with Crippen molar-refractivity contribution in [2.24, 2.45) is 0 Å². The molecule has 2 saturated heterocycles. The summed E-state index contributed by atoms with van der Waals surface area (Å²) in [4.78, 5) is 32.1. The Morgan fingerprint density at radius 3 is 2.52 bits per heavy atom. The van der Waals surface area contributed by atoms with Crippen molar-refractivity contribution in [3.8, 4) is 11.5 Å². The zero-order valence-electron chi connectivity index (χ0n) is 18.6. The van der Waals surface area contributed by atoms with Gasteiger partial charge in [-0.05, 0) is 41.7 Å². The largest absolute Gasteiger partial charge is 0.454 e. The molecule has 4 aliphatic rings. The predicted octanol–water partition coefficient (Wildman–Crippen LogP) is 1.97. The Kier molecular flexibility index (Phi) is 4.99. The summed E-state index contributed by atoms with van der Waals surface area (Å²) in [5.74, 6) is 1.53. The number of amides is 3. The molecule has 8 heteroatoms. The molecule has 6 rings (SSSR count). The maximum absolute atomic E-state index is 13.4. The number of rotatable bonds is 4. The highest BCUT2D eigenvalue weighted by Gasteiger charge is 2.52. The van der Waals surface area contributed by atoms with Crippen LogP contribution in [0, 0.1) is 0 Å². The van der Waals surface area contributed by atoms with Crippen LogP contribution in [0.3, 0.4) is 0 Å². The molecule has 2 fully saturated rings. The topological polar surface area (TPSA) is 74.4 Å². The van der Waals surface area contributed by atoms with Gasteiger partial charge in [-0.2, -0.15) is 0 Å². The van der Waals surface area contributed by atoms with Gasteiger partial charge in [0, 0.05) is 39.1 Å². The molecule has 1 spiro atoms. The van der Waals surface area contributed by atoms with Gasteiger partial charge in [-0.3, -0.25) is 14.6 Å². The number of carbonyl (C=O) groups is 2. The molecule has 33 heavy (non-hydrogen) atoms. The van der Waals surface area contributed by atoms with Crippen LogP contribution >= 0.6 is 0 Å². The molecule has 0 aromatic heterocycles. The number of benzene rings is 2. The van der Waals surface area contributed by atoms with Gasteiger partial charge in [-0.25, -0.2) is 9.69 Å². The first-order chi connectivity index (χ1) is 16.1. The van der Waals surface area contributed by atoms with Gasteiger partial charge < -0.3 is 14.8 Å². The lowest BCUT2D eigenvalue weighted by atomic mass is 9.78. The van der Waals surface area contributed by atoms with E-state index in [1.165, 1.54) is 16.0 Å². The highest BCUT2D eigenvalue weighted by Crippen LogP contribution is 2.34. The second-order valence-electron chi connectivity index (χ2n) is 9.41. The fraction of sp³-hybridized carbons (Fsp3) is 0.440. The number of ether oxygens (including phenoxy) is 2. The fourth-order valence-electron chi connectivity index (χ4n) is 5.42. The van der Waals surface area contributed by atoms with Gasteiger partial charge in [0.25, 0.3) is 5.91 Å². The number of hydrogen-bond donors (Lipinski definition) is 1. The van der Waals surface area contributed by atoms with Crippen molar-refractivity contribution in [3.05, 3.63) is 59.2 Å². The predicted molar refractivity (Wildman–Crippen MR) is 121 cm³/mol. The Morgan fingerprint density at radius 1 is 0.909 bits per heavy atom. The molecule has 2 aromatic carbocycles. The highest BCUT2D eigenvalue weighted by atomic mass is 16.7. The van der Waals surface area contributed by atoms with Crippen LogP contribution in [0.4, 0.5) is 4.79 Å². The summed E-state index contributed by atoms with van der Waals surface area (Å²) < 4.78 is 10.9. The first kappa shape index (κ1) is 20.5. The summed E-state index contributed by atoms with van der Waals surface area (Å²) in [5.41, 5.74) is 2.85. The van der Waals surface area contributed by atoms with Crippen LogP contribution in [0.25, 0.3) is 0 Å². The Labute approximate surface area is 193 Å². The molecule has 0 saturated carbocycles. The molecule has 1 N–H and O–H groups in total. The van der Waals surface area contributed by atoms with Crippen molar-refractivity contribution in [2.45, 2.75) is 31.3 Å². The third-order valence-corrected chi connectivity index (χ3v) is 7.33. The standard InChI is InChI=1S/C25H28N4O4/c30-23-25(8-7-19-3-1-2-4-20(19)14-25)26-24(31)29(23)16-28-11-9-27(10-12-28)15-18-5-6-21-22(13-18)33-17-32-21/h1-6,13H,7-12,14-17H2,(H,26,31). The van der Waals surface area contributed by atoms with Crippen LogP contribution in [0.2, 0.25) is 0 Å². The van der Waals surface area contributed by atoms with E-state index in [1.807, 2.05) is 24.3 Å². The molecule has 0 radical (unpaired) electrons. The van der Waals surface area contributed by atoms with Crippen LogP contribution in [0.1, 0.15) is 23.1 Å².